The quantitative estimate of drug-likeness (QED) is 0.769. The maximum absolute atomic E-state index is 5.20. The molecule has 4 heteroatoms. The topological polar surface area (TPSA) is 39.7 Å². The molecular weight excluding hydrogens is 206 g/mol. The van der Waals surface area contributed by atoms with Crippen molar-refractivity contribution in [1.82, 2.24) is 0 Å². The summed E-state index contributed by atoms with van der Waals surface area (Å²) in [7, 11) is 4.71. The summed E-state index contributed by atoms with van der Waals surface area (Å²) in [6, 6.07) is 3.61. The fraction of sp³-hybridized carbons (Fsp3) is 0.333. The van der Waals surface area contributed by atoms with Crippen molar-refractivity contribution < 1.29 is 14.2 Å². The number of methoxy groups -OCH3 is 3. The number of nitrogens with one attached hydrogen (secondary N) is 1. The smallest absolute Gasteiger partial charge is 0.203 e. The van der Waals surface area contributed by atoms with Gasteiger partial charge in [-0.3, -0.25) is 0 Å². The van der Waals surface area contributed by atoms with Crippen molar-refractivity contribution in [3.05, 3.63) is 12.1 Å². The monoisotopic (exact) mass is 221 g/mol. The summed E-state index contributed by atoms with van der Waals surface area (Å²) < 4.78 is 15.6. The maximum Gasteiger partial charge on any atom is 0.203 e. The molecule has 0 aromatic heterocycles. The molecule has 86 valence electrons. The number of ether oxygens (including phenoxy) is 3. The van der Waals surface area contributed by atoms with Gasteiger partial charge in [0.25, 0.3) is 0 Å². The van der Waals surface area contributed by atoms with Crippen LogP contribution in [0.15, 0.2) is 12.1 Å². The summed E-state index contributed by atoms with van der Waals surface area (Å²) in [4.78, 5) is 0. The molecule has 0 saturated carbocycles. The van der Waals surface area contributed by atoms with Crippen LogP contribution in [0.25, 0.3) is 0 Å². The van der Waals surface area contributed by atoms with E-state index in [4.69, 9.17) is 20.6 Å². The van der Waals surface area contributed by atoms with Crippen LogP contribution in [0.4, 0.5) is 5.69 Å². The summed E-state index contributed by atoms with van der Waals surface area (Å²) in [5, 5.41) is 3.04. The number of hydrogen-bond acceptors (Lipinski definition) is 4. The Bertz CT molecular complexity index is 371. The molecule has 0 radical (unpaired) electrons. The van der Waals surface area contributed by atoms with Crippen molar-refractivity contribution >= 4 is 5.69 Å². The van der Waals surface area contributed by atoms with Gasteiger partial charge in [0.2, 0.25) is 5.75 Å². The minimum atomic E-state index is 0.443. The number of benzene rings is 1. The Morgan fingerprint density at radius 1 is 1.12 bits per heavy atom. The highest BCUT2D eigenvalue weighted by Gasteiger charge is 2.12. The van der Waals surface area contributed by atoms with Gasteiger partial charge >= 0.3 is 0 Å². The van der Waals surface area contributed by atoms with Gasteiger partial charge in [0.1, 0.15) is 0 Å². The van der Waals surface area contributed by atoms with Crippen LogP contribution in [0.1, 0.15) is 0 Å². The molecule has 0 aliphatic carbocycles. The molecular formula is C12H15NO3. The van der Waals surface area contributed by atoms with E-state index in [1.165, 1.54) is 0 Å². The Labute approximate surface area is 95.5 Å². The predicted molar refractivity (Wildman–Crippen MR) is 63.4 cm³/mol. The first kappa shape index (κ1) is 12.1. The Hall–Kier alpha value is -2.02. The third-order valence-electron chi connectivity index (χ3n) is 2.06. The highest BCUT2D eigenvalue weighted by molar-refractivity contribution is 5.62. The second-order valence-corrected chi connectivity index (χ2v) is 2.97. The minimum absolute atomic E-state index is 0.443. The molecule has 4 nitrogen and oxygen atoms in total. The summed E-state index contributed by atoms with van der Waals surface area (Å²) >= 11 is 0. The minimum Gasteiger partial charge on any atom is -0.493 e. The largest absolute Gasteiger partial charge is 0.493 e. The molecule has 0 spiro atoms. The van der Waals surface area contributed by atoms with Gasteiger partial charge in [-0.05, 0) is 0 Å². The third-order valence-corrected chi connectivity index (χ3v) is 2.06. The SMILES string of the molecule is C#CCNc1cc(OC)c(OC)c(OC)c1. The molecule has 0 saturated heterocycles. The molecule has 0 bridgehead atoms. The van der Waals surface area contributed by atoms with Crippen LogP contribution in [0.5, 0.6) is 17.2 Å². The van der Waals surface area contributed by atoms with Crippen LogP contribution >= 0.6 is 0 Å². The molecule has 0 aliphatic rings. The summed E-state index contributed by atoms with van der Waals surface area (Å²) in [6.07, 6.45) is 5.17. The van der Waals surface area contributed by atoms with Crippen molar-refractivity contribution in [2.75, 3.05) is 33.2 Å². The first-order valence-corrected chi connectivity index (χ1v) is 4.74. The van der Waals surface area contributed by atoms with E-state index in [1.807, 2.05) is 0 Å². The van der Waals surface area contributed by atoms with Crippen LogP contribution in [0.2, 0.25) is 0 Å². The molecule has 0 unspecified atom stereocenters. The number of anilines is 1. The Balaban J connectivity index is 3.11. The normalized spacial score (nSPS) is 9.12. The lowest BCUT2D eigenvalue weighted by molar-refractivity contribution is 0.324. The van der Waals surface area contributed by atoms with Gasteiger partial charge in [-0.2, -0.15) is 0 Å². The van der Waals surface area contributed by atoms with E-state index in [2.05, 4.69) is 11.2 Å². The maximum atomic E-state index is 5.20. The molecule has 16 heavy (non-hydrogen) atoms. The summed E-state index contributed by atoms with van der Waals surface area (Å²) in [5.74, 6) is 4.26. The Kier molecular flexibility index (Phi) is 4.34. The fourth-order valence-electron chi connectivity index (χ4n) is 1.34. The van der Waals surface area contributed by atoms with E-state index in [1.54, 1.807) is 33.5 Å². The lowest BCUT2D eigenvalue weighted by Crippen LogP contribution is -2.01. The highest BCUT2D eigenvalue weighted by Crippen LogP contribution is 2.39. The van der Waals surface area contributed by atoms with Crippen molar-refractivity contribution in [3.63, 3.8) is 0 Å². The Morgan fingerprint density at radius 3 is 2.06 bits per heavy atom. The van der Waals surface area contributed by atoms with Gasteiger partial charge in [-0.1, -0.05) is 5.92 Å². The van der Waals surface area contributed by atoms with E-state index in [0.29, 0.717) is 23.8 Å². The van der Waals surface area contributed by atoms with Crippen LogP contribution in [-0.4, -0.2) is 27.9 Å². The molecule has 0 atom stereocenters. The van der Waals surface area contributed by atoms with Gasteiger partial charge in [0.05, 0.1) is 27.9 Å². The van der Waals surface area contributed by atoms with Gasteiger partial charge < -0.3 is 19.5 Å². The zero-order chi connectivity index (χ0) is 12.0. The zero-order valence-corrected chi connectivity index (χ0v) is 9.66. The van der Waals surface area contributed by atoms with Crippen molar-refractivity contribution in [2.45, 2.75) is 0 Å². The predicted octanol–water partition coefficient (Wildman–Crippen LogP) is 1.76. The van der Waals surface area contributed by atoms with Crippen LogP contribution in [0.3, 0.4) is 0 Å². The Morgan fingerprint density at radius 2 is 1.69 bits per heavy atom. The molecule has 1 aromatic carbocycles. The highest BCUT2D eigenvalue weighted by atomic mass is 16.5. The van der Waals surface area contributed by atoms with E-state index in [0.717, 1.165) is 5.69 Å². The van der Waals surface area contributed by atoms with Crippen LogP contribution in [0, 0.1) is 12.3 Å². The average Bonchev–Trinajstić information content (AvgIpc) is 2.34. The van der Waals surface area contributed by atoms with E-state index in [-0.39, 0.29) is 0 Å². The first-order chi connectivity index (χ1) is 7.76. The van der Waals surface area contributed by atoms with Gasteiger partial charge in [-0.15, -0.1) is 6.42 Å². The van der Waals surface area contributed by atoms with Crippen molar-refractivity contribution in [2.24, 2.45) is 0 Å². The number of terminal acetylenes is 1. The second-order valence-electron chi connectivity index (χ2n) is 2.97. The van der Waals surface area contributed by atoms with E-state index < -0.39 is 0 Å². The average molecular weight is 221 g/mol. The van der Waals surface area contributed by atoms with Gasteiger partial charge in [-0.25, -0.2) is 0 Å². The molecule has 1 N–H and O–H groups in total. The summed E-state index contributed by atoms with van der Waals surface area (Å²) in [6.45, 7) is 0.443. The van der Waals surface area contributed by atoms with Crippen molar-refractivity contribution in [3.8, 4) is 29.6 Å². The fourth-order valence-corrected chi connectivity index (χ4v) is 1.34. The lowest BCUT2D eigenvalue weighted by atomic mass is 10.2. The first-order valence-electron chi connectivity index (χ1n) is 4.74. The van der Waals surface area contributed by atoms with Gasteiger partial charge in [0, 0.05) is 17.8 Å². The van der Waals surface area contributed by atoms with E-state index in [9.17, 15) is 0 Å². The standard InChI is InChI=1S/C12H15NO3/c1-5-6-13-9-7-10(14-2)12(16-4)11(8-9)15-3/h1,7-8,13H,6H2,2-4H3. The lowest BCUT2D eigenvalue weighted by Gasteiger charge is -2.14. The molecule has 1 rings (SSSR count). The van der Waals surface area contributed by atoms with Crippen molar-refractivity contribution in [1.29, 1.82) is 0 Å². The molecule has 0 fully saturated rings. The van der Waals surface area contributed by atoms with Gasteiger partial charge in [0.15, 0.2) is 11.5 Å². The molecule has 0 aliphatic heterocycles. The molecule has 1 aromatic rings. The van der Waals surface area contributed by atoms with Crippen LogP contribution < -0.4 is 19.5 Å². The molecule has 0 amide bonds. The number of hydrogen-bond donors (Lipinski definition) is 1. The second kappa shape index (κ2) is 5.76. The van der Waals surface area contributed by atoms with Crippen LogP contribution in [-0.2, 0) is 0 Å². The summed E-state index contributed by atoms with van der Waals surface area (Å²) in [5.41, 5.74) is 0.826. The van der Waals surface area contributed by atoms with E-state index >= 15 is 0 Å². The zero-order valence-electron chi connectivity index (χ0n) is 9.66. The molecule has 0 heterocycles. The third kappa shape index (κ3) is 2.51. The number of rotatable bonds is 5.